The van der Waals surface area contributed by atoms with Gasteiger partial charge in [0.25, 0.3) is 0 Å². The van der Waals surface area contributed by atoms with Crippen LogP contribution < -0.4 is 10.2 Å². The highest BCUT2D eigenvalue weighted by Gasteiger charge is 2.23. The Bertz CT molecular complexity index is 472. The lowest BCUT2D eigenvalue weighted by Crippen LogP contribution is -2.26. The van der Waals surface area contributed by atoms with Gasteiger partial charge in [0.05, 0.1) is 6.07 Å². The Kier molecular flexibility index (Phi) is 7.93. The van der Waals surface area contributed by atoms with Crippen LogP contribution in [0.3, 0.4) is 0 Å². The molecule has 1 aromatic heterocycles. The van der Waals surface area contributed by atoms with Crippen molar-refractivity contribution in [2.24, 2.45) is 0 Å². The van der Waals surface area contributed by atoms with Crippen LogP contribution in [0.25, 0.3) is 0 Å². The fraction of sp³-hybridized carbons (Fsp3) is 0.556. The van der Waals surface area contributed by atoms with Crippen LogP contribution in [0.5, 0.6) is 0 Å². The monoisotopic (exact) mass is 433 g/mol. The van der Waals surface area contributed by atoms with E-state index >= 15 is 0 Å². The number of nitro groups is 1. The topological polar surface area (TPSA) is 107 Å². The van der Waals surface area contributed by atoms with Gasteiger partial charge in [0, 0.05) is 23.7 Å². The molecule has 0 aliphatic carbocycles. The maximum atomic E-state index is 12.4. The lowest BCUT2D eigenvalue weighted by molar-refractivity contribution is -0.402. The number of alkyl halides is 2. The van der Waals surface area contributed by atoms with E-state index in [0.717, 1.165) is 0 Å². The molecule has 0 radical (unpaired) electrons. The predicted molar refractivity (Wildman–Crippen MR) is 81.4 cm³/mol. The zero-order valence-corrected chi connectivity index (χ0v) is 14.4. The number of hydrogen-bond donors (Lipinski definition) is 2. The van der Waals surface area contributed by atoms with Gasteiger partial charge in [-0.25, -0.2) is 10.2 Å². The van der Waals surface area contributed by atoms with Crippen LogP contribution in [0.4, 0.5) is 5.88 Å². The Morgan fingerprint density at radius 2 is 1.90 bits per heavy atom. The number of halogens is 2. The van der Waals surface area contributed by atoms with Crippen LogP contribution in [-0.2, 0) is 15.7 Å². The summed E-state index contributed by atoms with van der Waals surface area (Å²) >= 11 is 6.43. The Balaban J connectivity index is 2.59. The number of furan rings is 1. The molecule has 0 aliphatic heterocycles. The average Bonchev–Trinajstić information content (AvgIpc) is 2.90. The van der Waals surface area contributed by atoms with E-state index < -0.39 is 12.6 Å². The summed E-state index contributed by atoms with van der Waals surface area (Å²) in [6.45, 7) is 0.769. The van der Waals surface area contributed by atoms with Gasteiger partial charge in [0.2, 0.25) is 0 Å². The van der Waals surface area contributed by atoms with Crippen molar-refractivity contribution < 1.29 is 18.4 Å². The van der Waals surface area contributed by atoms with Crippen LogP contribution in [0.15, 0.2) is 16.5 Å². The van der Waals surface area contributed by atoms with Crippen molar-refractivity contribution in [3.8, 4) is 0 Å². The summed E-state index contributed by atoms with van der Waals surface area (Å²) < 4.78 is 22.6. The Morgan fingerprint density at radius 3 is 2.35 bits per heavy atom. The minimum absolute atomic E-state index is 0.129. The second-order valence-corrected chi connectivity index (χ2v) is 7.10. The summed E-state index contributed by atoms with van der Waals surface area (Å²) in [5, 5.41) is 17.2. The fourth-order valence-corrected chi connectivity index (χ4v) is 3.65. The molecule has 0 aromatic carbocycles. The van der Waals surface area contributed by atoms with Crippen LogP contribution >= 0.6 is 39.5 Å². The second kappa shape index (κ2) is 8.91. The fourth-order valence-electron chi connectivity index (χ4n) is 1.22. The highest BCUT2D eigenvalue weighted by atomic mass is 79.9. The zero-order chi connectivity index (χ0) is 15.0. The molecule has 0 saturated heterocycles. The minimum Gasteiger partial charge on any atom is -0.403 e. The van der Waals surface area contributed by atoms with Gasteiger partial charge in [-0.3, -0.25) is 19.2 Å². The van der Waals surface area contributed by atoms with Gasteiger partial charge >= 0.3 is 13.6 Å². The van der Waals surface area contributed by atoms with E-state index in [-0.39, 0.29) is 18.3 Å². The summed E-state index contributed by atoms with van der Waals surface area (Å²) in [5.74, 6) is -0.140. The van der Waals surface area contributed by atoms with E-state index in [1.54, 1.807) is 0 Å². The summed E-state index contributed by atoms with van der Waals surface area (Å²) in [4.78, 5) is 9.84. The molecule has 8 nitrogen and oxygen atoms in total. The first kappa shape index (κ1) is 17.8. The Labute approximate surface area is 132 Å². The van der Waals surface area contributed by atoms with Crippen molar-refractivity contribution in [1.29, 1.82) is 0 Å². The van der Waals surface area contributed by atoms with Crippen molar-refractivity contribution >= 4 is 45.4 Å². The van der Waals surface area contributed by atoms with E-state index in [0.29, 0.717) is 23.7 Å². The second-order valence-electron chi connectivity index (χ2n) is 3.52. The first-order valence-electron chi connectivity index (χ1n) is 5.60. The van der Waals surface area contributed by atoms with Gasteiger partial charge in [0.1, 0.15) is 17.3 Å². The number of nitrogens with zero attached hydrogens (tertiary/aromatic N) is 1. The molecule has 0 saturated carbocycles. The molecule has 0 aliphatic rings. The number of hydrogen-bond acceptors (Lipinski definition) is 5. The smallest absolute Gasteiger partial charge is 0.403 e. The van der Waals surface area contributed by atoms with Crippen molar-refractivity contribution in [3.63, 3.8) is 0 Å². The van der Waals surface area contributed by atoms with Crippen molar-refractivity contribution in [2.45, 2.75) is 6.61 Å². The highest BCUT2D eigenvalue weighted by Crippen LogP contribution is 2.38. The molecule has 11 heteroatoms. The van der Waals surface area contributed by atoms with Crippen molar-refractivity contribution in [1.82, 2.24) is 10.2 Å². The van der Waals surface area contributed by atoms with Crippen molar-refractivity contribution in [3.05, 3.63) is 28.0 Å². The molecule has 2 N–H and O–H groups in total. The first-order chi connectivity index (χ1) is 9.50. The largest absolute Gasteiger partial charge is 0.433 e. The SMILES string of the molecule is O=[N+]([O-])c1ccc(COP(=O)(NCCBr)NCCBr)o1. The minimum atomic E-state index is -3.22. The van der Waals surface area contributed by atoms with Gasteiger partial charge in [-0.15, -0.1) is 0 Å². The molecule has 0 unspecified atom stereocenters. The molecule has 0 amide bonds. The van der Waals surface area contributed by atoms with Gasteiger partial charge in [0.15, 0.2) is 0 Å². The van der Waals surface area contributed by atoms with Crippen LogP contribution in [0, 0.1) is 10.1 Å². The molecule has 0 spiro atoms. The third kappa shape index (κ3) is 6.02. The first-order valence-corrected chi connectivity index (χ1v) is 9.47. The van der Waals surface area contributed by atoms with Gasteiger partial charge < -0.3 is 4.42 Å². The van der Waals surface area contributed by atoms with E-state index in [4.69, 9.17) is 8.94 Å². The third-order valence-electron chi connectivity index (χ3n) is 2.04. The quantitative estimate of drug-likeness (QED) is 0.252. The van der Waals surface area contributed by atoms with Crippen LogP contribution in [0.1, 0.15) is 5.76 Å². The zero-order valence-electron chi connectivity index (χ0n) is 10.4. The molecule has 0 atom stereocenters. The molecule has 1 rings (SSSR count). The molecule has 1 heterocycles. The predicted octanol–water partition coefficient (Wildman–Crippen LogP) is 2.78. The maximum Gasteiger partial charge on any atom is 0.433 e. The van der Waals surface area contributed by atoms with Crippen LogP contribution in [0.2, 0.25) is 0 Å². The molecule has 20 heavy (non-hydrogen) atoms. The lowest BCUT2D eigenvalue weighted by atomic mass is 10.5. The summed E-state index contributed by atoms with van der Waals surface area (Å²) in [6.07, 6.45) is 0. The van der Waals surface area contributed by atoms with Gasteiger partial charge in [-0.1, -0.05) is 31.9 Å². The van der Waals surface area contributed by atoms with E-state index in [2.05, 4.69) is 42.0 Å². The summed E-state index contributed by atoms with van der Waals surface area (Å²) in [5.41, 5.74) is 0. The molecule has 114 valence electrons. The molecule has 1 aromatic rings. The van der Waals surface area contributed by atoms with Gasteiger partial charge in [-0.2, -0.15) is 0 Å². The van der Waals surface area contributed by atoms with Crippen LogP contribution in [-0.4, -0.2) is 28.7 Å². The normalized spacial score (nSPS) is 11.7. The lowest BCUT2D eigenvalue weighted by Gasteiger charge is -2.19. The molecular formula is C9H14Br2N3O5P. The number of nitrogens with one attached hydrogen (secondary N) is 2. The van der Waals surface area contributed by atoms with E-state index in [1.807, 2.05) is 0 Å². The van der Waals surface area contributed by atoms with E-state index in [9.17, 15) is 14.7 Å². The van der Waals surface area contributed by atoms with Gasteiger partial charge in [-0.05, 0) is 6.07 Å². The summed E-state index contributed by atoms with van der Waals surface area (Å²) in [6, 6.07) is 2.64. The maximum absolute atomic E-state index is 12.4. The standard InChI is InChI=1S/C9H14Br2N3O5P/c10-3-5-12-20(17,13-6-4-11)18-7-8-1-2-9(19-8)14(15)16/h1-2H,3-7H2,(H2,12,13,17). The molecule has 0 fully saturated rings. The number of rotatable bonds is 10. The molecule has 0 bridgehead atoms. The Hall–Kier alpha value is -0.250. The highest BCUT2D eigenvalue weighted by molar-refractivity contribution is 9.09. The Morgan fingerprint density at radius 1 is 1.30 bits per heavy atom. The molecular weight excluding hydrogens is 421 g/mol. The van der Waals surface area contributed by atoms with E-state index in [1.165, 1.54) is 12.1 Å². The van der Waals surface area contributed by atoms with Crippen molar-refractivity contribution in [2.75, 3.05) is 23.7 Å². The third-order valence-corrected chi connectivity index (χ3v) is 4.61. The average molecular weight is 435 g/mol. The summed E-state index contributed by atoms with van der Waals surface area (Å²) in [7, 11) is -3.22.